The molecule has 4 fully saturated rings. The Morgan fingerprint density at radius 2 is 1.91 bits per heavy atom. The molecule has 4 aliphatic rings. The van der Waals surface area contributed by atoms with E-state index in [1.54, 1.807) is 17.2 Å². The summed E-state index contributed by atoms with van der Waals surface area (Å²) in [5.74, 6) is -2.88. The van der Waals surface area contributed by atoms with E-state index in [-0.39, 0.29) is 34.9 Å². The van der Waals surface area contributed by atoms with Crippen LogP contribution in [0.1, 0.15) is 90.4 Å². The quantitative estimate of drug-likeness (QED) is 0.317. The van der Waals surface area contributed by atoms with E-state index in [1.807, 2.05) is 17.2 Å². The maximum absolute atomic E-state index is 14.3. The molecule has 3 saturated heterocycles. The van der Waals surface area contributed by atoms with Gasteiger partial charge in [-0.1, -0.05) is 25.0 Å². The maximum atomic E-state index is 14.3. The third-order valence-electron chi connectivity index (χ3n) is 10.1. The zero-order valence-corrected chi connectivity index (χ0v) is 26.4. The molecule has 1 spiro atoms. The van der Waals surface area contributed by atoms with Crippen LogP contribution in [0.4, 0.5) is 4.39 Å². The van der Waals surface area contributed by atoms with Crippen LogP contribution in [-0.2, 0) is 14.2 Å². The molecule has 3 amide bonds. The van der Waals surface area contributed by atoms with Gasteiger partial charge in [0, 0.05) is 41.1 Å². The molecule has 1 saturated carbocycles. The number of fused-ring (bicyclic) bond motifs is 2. The minimum atomic E-state index is -4.97. The number of amides is 3. The van der Waals surface area contributed by atoms with Crippen molar-refractivity contribution in [3.05, 3.63) is 64.8 Å². The van der Waals surface area contributed by atoms with Gasteiger partial charge in [-0.25, -0.2) is 4.39 Å². The van der Waals surface area contributed by atoms with Gasteiger partial charge in [-0.3, -0.25) is 23.9 Å². The van der Waals surface area contributed by atoms with E-state index < -0.39 is 31.5 Å². The second-order valence-corrected chi connectivity index (χ2v) is 15.7. The van der Waals surface area contributed by atoms with Crippen LogP contribution in [0.5, 0.6) is 0 Å². The number of nitrogens with one attached hydrogen (secondary N) is 1. The summed E-state index contributed by atoms with van der Waals surface area (Å²) in [6, 6.07) is 8.35. The third-order valence-corrected chi connectivity index (χ3v) is 12.1. The average molecular weight is 655 g/mol. The predicted octanol–water partition coefficient (Wildman–Crippen LogP) is 5.02. The summed E-state index contributed by atoms with van der Waals surface area (Å²) in [6.07, 6.45) is 10.8. The Bertz CT molecular complexity index is 1690. The molecule has 2 unspecified atom stereocenters. The molecule has 3 N–H and O–H groups in total. The zero-order chi connectivity index (χ0) is 31.5. The smallest absolute Gasteiger partial charge is 0.340 e. The van der Waals surface area contributed by atoms with Crippen LogP contribution in [0.15, 0.2) is 48.8 Å². The van der Waals surface area contributed by atoms with Gasteiger partial charge in [0.1, 0.15) is 12.1 Å². The average Bonchev–Trinajstić information content (AvgIpc) is 3.33. The second-order valence-electron chi connectivity index (χ2n) is 13.0. The Balaban J connectivity index is 1.08. The molecule has 3 aromatic rings. The first-order valence-electron chi connectivity index (χ1n) is 15.6. The van der Waals surface area contributed by atoms with Gasteiger partial charge in [-0.2, -0.15) is 0 Å². The lowest BCUT2D eigenvalue weighted by atomic mass is 9.97. The van der Waals surface area contributed by atoms with E-state index in [1.165, 1.54) is 18.2 Å². The van der Waals surface area contributed by atoms with E-state index in [2.05, 4.69) is 16.4 Å². The zero-order valence-electron chi connectivity index (χ0n) is 24.7. The van der Waals surface area contributed by atoms with Crippen LogP contribution in [0, 0.1) is 0 Å². The first-order valence-corrected chi connectivity index (χ1v) is 18.1. The lowest BCUT2D eigenvalue weighted by molar-refractivity contribution is -0.148. The first kappa shape index (κ1) is 30.5. The maximum Gasteiger partial charge on any atom is 0.363 e. The topological polar surface area (TPSA) is 140 Å². The highest BCUT2D eigenvalue weighted by Gasteiger charge is 2.58. The SMILES string of the molecule is O=C(N[C@H]1CCCC[C@H]2CC[C@@H](C(=O)N3CC(c4cccnc4)CC34CC4)N2C1=O)c1cc2cc(C(F)P(=O)(O)O)ccc2s1. The number of carbonyl (C=O) groups is 3. The number of aromatic nitrogens is 1. The predicted molar refractivity (Wildman–Crippen MR) is 166 cm³/mol. The monoisotopic (exact) mass is 654 g/mol. The van der Waals surface area contributed by atoms with E-state index >= 15 is 0 Å². The Labute approximate surface area is 264 Å². The number of pyridine rings is 1. The molecular weight excluding hydrogens is 618 g/mol. The number of hydrogen-bond donors (Lipinski definition) is 3. The van der Waals surface area contributed by atoms with Gasteiger partial charge >= 0.3 is 7.60 Å². The van der Waals surface area contributed by atoms with Crippen LogP contribution in [-0.4, -0.2) is 72.5 Å². The van der Waals surface area contributed by atoms with Gasteiger partial charge in [0.2, 0.25) is 17.7 Å². The Hall–Kier alpha value is -3.18. The summed E-state index contributed by atoms with van der Waals surface area (Å²) in [7, 11) is -4.97. The number of nitrogens with zero attached hydrogens (tertiary/aromatic N) is 3. The van der Waals surface area contributed by atoms with Crippen molar-refractivity contribution >= 4 is 46.7 Å². The summed E-state index contributed by atoms with van der Waals surface area (Å²) in [5, 5.41) is 3.41. The van der Waals surface area contributed by atoms with Crippen molar-refractivity contribution in [2.24, 2.45) is 0 Å². The van der Waals surface area contributed by atoms with Gasteiger partial charge in [0.05, 0.1) is 4.88 Å². The van der Waals surface area contributed by atoms with Crippen LogP contribution in [0.2, 0.25) is 0 Å². The van der Waals surface area contributed by atoms with Crippen molar-refractivity contribution in [3.63, 3.8) is 0 Å². The highest BCUT2D eigenvalue weighted by atomic mass is 32.1. The summed E-state index contributed by atoms with van der Waals surface area (Å²) < 4.78 is 26.3. The number of carbonyl (C=O) groups excluding carboxylic acids is 3. The van der Waals surface area contributed by atoms with Crippen molar-refractivity contribution in [1.82, 2.24) is 20.1 Å². The van der Waals surface area contributed by atoms with E-state index in [0.29, 0.717) is 34.3 Å². The molecule has 5 atom stereocenters. The lowest BCUT2D eigenvalue weighted by Gasteiger charge is -2.37. The molecule has 0 radical (unpaired) electrons. The van der Waals surface area contributed by atoms with Gasteiger partial charge in [-0.15, -0.1) is 11.3 Å². The molecule has 3 aliphatic heterocycles. The molecule has 7 rings (SSSR count). The van der Waals surface area contributed by atoms with Gasteiger partial charge in [-0.05, 0) is 85.7 Å². The molecule has 5 heterocycles. The fraction of sp³-hybridized carbons (Fsp3) is 0.500. The number of likely N-dealkylation sites (tertiary alicyclic amines) is 1. The van der Waals surface area contributed by atoms with Crippen LogP contribution < -0.4 is 5.32 Å². The van der Waals surface area contributed by atoms with E-state index in [0.717, 1.165) is 61.8 Å². The molecule has 1 aliphatic carbocycles. The Kier molecular flexibility index (Phi) is 7.83. The standard InChI is InChI=1S/C32H36FN4O6PS/c33-28(44(41,42)43)19-7-10-26-21(14-19)15-27(45-26)29(38)35-24-6-2-1-5-23-8-9-25(37(23)30(24)39)31(40)36-18-22(16-32(36)11-12-32)20-4-3-13-34-17-20/h3-4,7,10,13-15,17,22-25,28H,1-2,5-6,8-9,11-12,16,18H2,(H,35,38)(H2,41,42,43)/t22?,23-,24-,25-,28?/m0/s1. The molecular formula is C32H36FN4O6PS. The number of benzene rings is 1. The molecule has 13 heteroatoms. The van der Waals surface area contributed by atoms with E-state index in [9.17, 15) is 33.1 Å². The minimum Gasteiger partial charge on any atom is -0.340 e. The fourth-order valence-electron chi connectivity index (χ4n) is 7.66. The lowest BCUT2D eigenvalue weighted by Crippen LogP contribution is -2.57. The number of thiophene rings is 1. The highest BCUT2D eigenvalue weighted by Crippen LogP contribution is 2.55. The van der Waals surface area contributed by atoms with Crippen LogP contribution in [0.3, 0.4) is 0 Å². The summed E-state index contributed by atoms with van der Waals surface area (Å²) in [4.78, 5) is 68.7. The molecule has 2 aromatic heterocycles. The largest absolute Gasteiger partial charge is 0.363 e. The molecule has 10 nitrogen and oxygen atoms in total. The van der Waals surface area contributed by atoms with E-state index in [4.69, 9.17) is 0 Å². The molecule has 0 bridgehead atoms. The molecule has 45 heavy (non-hydrogen) atoms. The van der Waals surface area contributed by atoms with Crippen molar-refractivity contribution < 1.29 is 33.1 Å². The number of alkyl halides is 1. The number of hydrogen-bond acceptors (Lipinski definition) is 6. The summed E-state index contributed by atoms with van der Waals surface area (Å²) in [5.41, 5.74) is 0.838. The summed E-state index contributed by atoms with van der Waals surface area (Å²) in [6.45, 7) is 0.624. The summed E-state index contributed by atoms with van der Waals surface area (Å²) >= 11 is 1.16. The van der Waals surface area contributed by atoms with Crippen molar-refractivity contribution in [1.29, 1.82) is 0 Å². The van der Waals surface area contributed by atoms with Gasteiger partial charge in [0.25, 0.3) is 5.91 Å². The van der Waals surface area contributed by atoms with Gasteiger partial charge in [0.15, 0.2) is 0 Å². The minimum absolute atomic E-state index is 0.0159. The fourth-order valence-corrected chi connectivity index (χ4v) is 9.16. The normalized spacial score (nSPS) is 26.9. The van der Waals surface area contributed by atoms with Crippen LogP contribution >= 0.6 is 18.9 Å². The Morgan fingerprint density at radius 3 is 2.64 bits per heavy atom. The first-order chi connectivity index (χ1) is 21.5. The number of rotatable bonds is 6. The highest BCUT2D eigenvalue weighted by molar-refractivity contribution is 7.51. The van der Waals surface area contributed by atoms with Gasteiger partial charge < -0.3 is 24.9 Å². The Morgan fingerprint density at radius 1 is 1.11 bits per heavy atom. The number of halogens is 1. The van der Waals surface area contributed by atoms with Crippen molar-refractivity contribution in [3.8, 4) is 0 Å². The second kappa shape index (κ2) is 11.6. The molecule has 1 aromatic carbocycles. The molecule has 238 valence electrons. The van der Waals surface area contributed by atoms with Crippen LogP contribution in [0.25, 0.3) is 10.1 Å². The van der Waals surface area contributed by atoms with Crippen molar-refractivity contribution in [2.75, 3.05) is 6.54 Å². The van der Waals surface area contributed by atoms with Crippen molar-refractivity contribution in [2.45, 2.75) is 93.3 Å². The third kappa shape index (κ3) is 5.71.